The van der Waals surface area contributed by atoms with Crippen LogP contribution < -0.4 is 4.72 Å². The molecule has 1 aliphatic rings. The van der Waals surface area contributed by atoms with E-state index in [0.29, 0.717) is 19.6 Å². The van der Waals surface area contributed by atoms with Crippen LogP contribution in [0.1, 0.15) is 12.5 Å². The zero-order chi connectivity index (χ0) is 14.1. The van der Waals surface area contributed by atoms with Crippen molar-refractivity contribution < 1.29 is 26.3 Å². The quantitative estimate of drug-likeness (QED) is 0.887. The number of halogens is 3. The molecule has 6 nitrogen and oxygen atoms in total. The van der Waals surface area contributed by atoms with Gasteiger partial charge in [-0.25, -0.2) is 13.1 Å². The van der Waals surface area contributed by atoms with E-state index in [1.807, 2.05) is 0 Å². The lowest BCUT2D eigenvalue weighted by molar-refractivity contribution is -0.121. The number of hydrogen-bond acceptors (Lipinski definition) is 4. The molecule has 1 N–H and O–H groups in total. The molecule has 1 aliphatic heterocycles. The number of ether oxygens (including phenoxy) is 1. The Balaban J connectivity index is 2.08. The monoisotopic (exact) mass is 299 g/mol. The second-order valence-corrected chi connectivity index (χ2v) is 5.88. The molecule has 0 aliphatic carbocycles. The normalized spacial score (nSPS) is 20.9. The second kappa shape index (κ2) is 5.10. The molecule has 2 rings (SSSR count). The smallest absolute Gasteiger partial charge is 0.379 e. The molecule has 1 aromatic heterocycles. The van der Waals surface area contributed by atoms with Crippen molar-refractivity contribution in [3.05, 3.63) is 12.4 Å². The fraction of sp³-hybridized carbons (Fsp3) is 0.667. The summed E-state index contributed by atoms with van der Waals surface area (Å²) < 4.78 is 67.2. The van der Waals surface area contributed by atoms with E-state index in [9.17, 15) is 21.6 Å². The van der Waals surface area contributed by atoms with Gasteiger partial charge in [0.1, 0.15) is 11.4 Å². The fourth-order valence-corrected chi connectivity index (χ4v) is 2.60. The summed E-state index contributed by atoms with van der Waals surface area (Å²) in [5.41, 5.74) is 0. The molecule has 0 spiro atoms. The van der Waals surface area contributed by atoms with Crippen LogP contribution in [-0.4, -0.2) is 44.1 Å². The second-order valence-electron chi connectivity index (χ2n) is 4.11. The average molecular weight is 299 g/mol. The van der Waals surface area contributed by atoms with Gasteiger partial charge in [0.25, 0.3) is 0 Å². The third-order valence-electron chi connectivity index (χ3n) is 2.63. The van der Waals surface area contributed by atoms with E-state index in [1.165, 1.54) is 15.6 Å². The molecule has 2 heterocycles. The Morgan fingerprint density at radius 2 is 2.26 bits per heavy atom. The van der Waals surface area contributed by atoms with E-state index in [-0.39, 0.29) is 10.9 Å². The number of nitrogens with one attached hydrogen (secondary N) is 1. The summed E-state index contributed by atoms with van der Waals surface area (Å²) in [6.45, 7) is -0.636. The molecule has 0 bridgehead atoms. The highest BCUT2D eigenvalue weighted by Crippen LogP contribution is 2.20. The van der Waals surface area contributed by atoms with Crippen molar-refractivity contribution in [2.75, 3.05) is 19.8 Å². The van der Waals surface area contributed by atoms with E-state index in [0.717, 1.165) is 6.20 Å². The molecule has 0 amide bonds. The van der Waals surface area contributed by atoms with Crippen LogP contribution in [0.25, 0.3) is 0 Å². The molecule has 0 aromatic carbocycles. The topological polar surface area (TPSA) is 73.2 Å². The summed E-state index contributed by atoms with van der Waals surface area (Å²) in [5, 5.41) is 3.85. The number of alkyl halides is 3. The van der Waals surface area contributed by atoms with Crippen molar-refractivity contribution in [2.24, 2.45) is 0 Å². The predicted molar refractivity (Wildman–Crippen MR) is 57.9 cm³/mol. The van der Waals surface area contributed by atoms with Gasteiger partial charge in [0.15, 0.2) is 0 Å². The van der Waals surface area contributed by atoms with Gasteiger partial charge in [-0.3, -0.25) is 4.68 Å². The van der Waals surface area contributed by atoms with Crippen LogP contribution in [0.3, 0.4) is 0 Å². The molecule has 1 atom stereocenters. The molecular weight excluding hydrogens is 287 g/mol. The standard InChI is InChI=1S/C9H12F3N3O3S/c10-9(11,12)6-14-19(16,17)8-3-13-15(4-8)7-1-2-18-5-7/h3-4,7,14H,1-2,5-6H2. The van der Waals surface area contributed by atoms with Crippen molar-refractivity contribution in [3.8, 4) is 0 Å². The maximum atomic E-state index is 12.0. The maximum absolute atomic E-state index is 12.0. The molecule has 108 valence electrons. The lowest BCUT2D eigenvalue weighted by Crippen LogP contribution is -2.33. The lowest BCUT2D eigenvalue weighted by Gasteiger charge is -2.08. The van der Waals surface area contributed by atoms with Gasteiger partial charge in [-0.1, -0.05) is 0 Å². The highest BCUT2D eigenvalue weighted by molar-refractivity contribution is 7.89. The molecule has 1 fully saturated rings. The van der Waals surface area contributed by atoms with E-state index in [1.54, 1.807) is 0 Å². The number of rotatable bonds is 4. The fourth-order valence-electron chi connectivity index (χ4n) is 1.65. The van der Waals surface area contributed by atoms with Crippen LogP contribution in [0.5, 0.6) is 0 Å². The summed E-state index contributed by atoms with van der Waals surface area (Å²) in [6.07, 6.45) is -1.67. The summed E-state index contributed by atoms with van der Waals surface area (Å²) >= 11 is 0. The lowest BCUT2D eigenvalue weighted by atomic mass is 10.3. The Labute approximate surface area is 107 Å². The molecule has 0 saturated carbocycles. The maximum Gasteiger partial charge on any atom is 0.402 e. The van der Waals surface area contributed by atoms with Crippen molar-refractivity contribution in [3.63, 3.8) is 0 Å². The molecule has 10 heteroatoms. The molecule has 1 unspecified atom stereocenters. The van der Waals surface area contributed by atoms with Crippen LogP contribution in [0, 0.1) is 0 Å². The average Bonchev–Trinajstić information content (AvgIpc) is 2.96. The highest BCUT2D eigenvalue weighted by atomic mass is 32.2. The Hall–Kier alpha value is -1.13. The summed E-state index contributed by atoms with van der Waals surface area (Å²) in [5.74, 6) is 0. The first-order valence-corrected chi connectivity index (χ1v) is 6.94. The number of hydrogen-bond donors (Lipinski definition) is 1. The predicted octanol–water partition coefficient (Wildman–Crippen LogP) is 0.685. The Bertz CT molecular complexity index is 534. The molecule has 0 radical (unpaired) electrons. The van der Waals surface area contributed by atoms with E-state index in [2.05, 4.69) is 5.10 Å². The minimum absolute atomic E-state index is 0.0773. The Morgan fingerprint density at radius 3 is 2.84 bits per heavy atom. The zero-order valence-electron chi connectivity index (χ0n) is 9.72. The van der Waals surface area contributed by atoms with E-state index < -0.39 is 22.7 Å². The van der Waals surface area contributed by atoms with Crippen LogP contribution in [0.15, 0.2) is 17.3 Å². The number of sulfonamides is 1. The number of aromatic nitrogens is 2. The SMILES string of the molecule is O=S(=O)(NCC(F)(F)F)c1cnn(C2CCOC2)c1. The van der Waals surface area contributed by atoms with E-state index in [4.69, 9.17) is 4.74 Å². The van der Waals surface area contributed by atoms with Gasteiger partial charge in [-0.15, -0.1) is 0 Å². The van der Waals surface area contributed by atoms with Crippen molar-refractivity contribution in [1.82, 2.24) is 14.5 Å². The Kier molecular flexibility index (Phi) is 3.83. The first-order valence-electron chi connectivity index (χ1n) is 5.46. The first kappa shape index (κ1) is 14.3. The van der Waals surface area contributed by atoms with Gasteiger partial charge in [0.2, 0.25) is 10.0 Å². The van der Waals surface area contributed by atoms with Crippen molar-refractivity contribution in [1.29, 1.82) is 0 Å². The van der Waals surface area contributed by atoms with Gasteiger partial charge in [-0.05, 0) is 6.42 Å². The van der Waals surface area contributed by atoms with Crippen molar-refractivity contribution in [2.45, 2.75) is 23.5 Å². The minimum Gasteiger partial charge on any atom is -0.379 e. The molecule has 1 aromatic rings. The van der Waals surface area contributed by atoms with E-state index >= 15 is 0 Å². The van der Waals surface area contributed by atoms with Crippen LogP contribution in [-0.2, 0) is 14.8 Å². The van der Waals surface area contributed by atoms with Gasteiger partial charge in [0, 0.05) is 12.8 Å². The third-order valence-corrected chi connectivity index (χ3v) is 3.99. The van der Waals surface area contributed by atoms with Gasteiger partial charge in [-0.2, -0.15) is 18.3 Å². The number of nitrogens with zero attached hydrogens (tertiary/aromatic N) is 2. The van der Waals surface area contributed by atoms with Gasteiger partial charge < -0.3 is 4.74 Å². The third kappa shape index (κ3) is 3.67. The zero-order valence-corrected chi connectivity index (χ0v) is 10.5. The first-order chi connectivity index (χ1) is 8.78. The molecule has 1 saturated heterocycles. The van der Waals surface area contributed by atoms with Gasteiger partial charge >= 0.3 is 6.18 Å². The van der Waals surface area contributed by atoms with Crippen LogP contribution in [0.4, 0.5) is 13.2 Å². The molecule has 19 heavy (non-hydrogen) atoms. The summed E-state index contributed by atoms with van der Waals surface area (Å²) in [6, 6.07) is -0.0773. The van der Waals surface area contributed by atoms with Crippen LogP contribution >= 0.6 is 0 Å². The molecular formula is C9H12F3N3O3S. The Morgan fingerprint density at radius 1 is 1.53 bits per heavy atom. The summed E-state index contributed by atoms with van der Waals surface area (Å²) in [4.78, 5) is -0.288. The van der Waals surface area contributed by atoms with Crippen LogP contribution in [0.2, 0.25) is 0 Å². The largest absolute Gasteiger partial charge is 0.402 e. The highest BCUT2D eigenvalue weighted by Gasteiger charge is 2.31. The summed E-state index contributed by atoms with van der Waals surface area (Å²) in [7, 11) is -4.20. The van der Waals surface area contributed by atoms with Crippen molar-refractivity contribution >= 4 is 10.0 Å². The van der Waals surface area contributed by atoms with Gasteiger partial charge in [0.05, 0.1) is 18.8 Å². The minimum atomic E-state index is -4.59.